The molecular formula is C16H17BrN2O. The van der Waals surface area contributed by atoms with Crippen molar-refractivity contribution >= 4 is 27.5 Å². The van der Waals surface area contributed by atoms with Gasteiger partial charge >= 0.3 is 0 Å². The Morgan fingerprint density at radius 2 is 1.95 bits per heavy atom. The maximum Gasteiger partial charge on any atom is 0.251 e. The van der Waals surface area contributed by atoms with Gasteiger partial charge < -0.3 is 10.6 Å². The molecule has 3 nitrogen and oxygen atoms in total. The van der Waals surface area contributed by atoms with Crippen molar-refractivity contribution in [1.29, 1.82) is 0 Å². The van der Waals surface area contributed by atoms with E-state index in [1.54, 1.807) is 7.05 Å². The van der Waals surface area contributed by atoms with Crippen LogP contribution < -0.4 is 10.6 Å². The second-order valence-electron chi connectivity index (χ2n) is 4.54. The van der Waals surface area contributed by atoms with Crippen molar-refractivity contribution < 1.29 is 4.79 Å². The van der Waals surface area contributed by atoms with Gasteiger partial charge in [-0.3, -0.25) is 4.79 Å². The van der Waals surface area contributed by atoms with Gasteiger partial charge in [0.1, 0.15) is 0 Å². The molecule has 104 valence electrons. The Morgan fingerprint density at radius 3 is 2.65 bits per heavy atom. The number of hydrogen-bond acceptors (Lipinski definition) is 2. The van der Waals surface area contributed by atoms with Gasteiger partial charge in [0.15, 0.2) is 0 Å². The van der Waals surface area contributed by atoms with Crippen LogP contribution in [0.25, 0.3) is 0 Å². The summed E-state index contributed by atoms with van der Waals surface area (Å²) >= 11 is 3.46. The van der Waals surface area contributed by atoms with Crippen LogP contribution in [0.2, 0.25) is 0 Å². The molecule has 0 aliphatic carbocycles. The molecule has 0 spiro atoms. The summed E-state index contributed by atoms with van der Waals surface area (Å²) in [5.74, 6) is -0.0615. The van der Waals surface area contributed by atoms with Crippen LogP contribution in [0.1, 0.15) is 21.5 Å². The number of amides is 1. The van der Waals surface area contributed by atoms with Gasteiger partial charge in [0.2, 0.25) is 0 Å². The summed E-state index contributed by atoms with van der Waals surface area (Å²) in [6.07, 6.45) is 0. The van der Waals surface area contributed by atoms with Crippen LogP contribution >= 0.6 is 15.9 Å². The second kappa shape index (κ2) is 6.57. The first-order valence-corrected chi connectivity index (χ1v) is 7.21. The van der Waals surface area contributed by atoms with E-state index in [1.165, 1.54) is 5.56 Å². The number of benzene rings is 2. The number of hydrogen-bond donors (Lipinski definition) is 2. The minimum absolute atomic E-state index is 0.0615. The summed E-state index contributed by atoms with van der Waals surface area (Å²) < 4.78 is 1.06. The summed E-state index contributed by atoms with van der Waals surface area (Å²) in [7, 11) is 1.64. The van der Waals surface area contributed by atoms with Gasteiger partial charge in [-0.15, -0.1) is 0 Å². The molecule has 0 unspecified atom stereocenters. The van der Waals surface area contributed by atoms with Crippen molar-refractivity contribution in [2.24, 2.45) is 0 Å². The number of halogens is 1. The van der Waals surface area contributed by atoms with E-state index in [0.29, 0.717) is 5.56 Å². The molecule has 0 fully saturated rings. The first-order valence-electron chi connectivity index (χ1n) is 6.42. The summed E-state index contributed by atoms with van der Waals surface area (Å²) in [5, 5.41) is 6.03. The first-order chi connectivity index (χ1) is 9.61. The van der Waals surface area contributed by atoms with Crippen molar-refractivity contribution in [2.45, 2.75) is 13.5 Å². The molecule has 0 atom stereocenters. The van der Waals surface area contributed by atoms with Gasteiger partial charge in [0.05, 0.1) is 0 Å². The van der Waals surface area contributed by atoms with E-state index >= 15 is 0 Å². The molecule has 20 heavy (non-hydrogen) atoms. The van der Waals surface area contributed by atoms with E-state index in [-0.39, 0.29) is 5.91 Å². The van der Waals surface area contributed by atoms with Gasteiger partial charge in [-0.2, -0.15) is 0 Å². The van der Waals surface area contributed by atoms with E-state index in [4.69, 9.17) is 0 Å². The molecule has 2 N–H and O–H groups in total. The number of carbonyl (C=O) groups excluding carboxylic acids is 1. The van der Waals surface area contributed by atoms with Crippen LogP contribution in [0.5, 0.6) is 0 Å². The molecule has 0 saturated heterocycles. The topological polar surface area (TPSA) is 41.1 Å². The summed E-state index contributed by atoms with van der Waals surface area (Å²) in [4.78, 5) is 11.8. The Hall–Kier alpha value is -1.81. The van der Waals surface area contributed by atoms with Gasteiger partial charge in [-0.25, -0.2) is 0 Å². The van der Waals surface area contributed by atoms with E-state index in [0.717, 1.165) is 22.3 Å². The zero-order valence-electron chi connectivity index (χ0n) is 11.5. The molecule has 0 aliphatic rings. The molecule has 2 rings (SSSR count). The highest BCUT2D eigenvalue weighted by Crippen LogP contribution is 2.20. The summed E-state index contributed by atoms with van der Waals surface area (Å²) in [5.41, 5.74) is 3.82. The van der Waals surface area contributed by atoms with E-state index in [9.17, 15) is 4.79 Å². The van der Waals surface area contributed by atoms with Crippen molar-refractivity contribution in [3.63, 3.8) is 0 Å². The number of rotatable bonds is 4. The largest absolute Gasteiger partial charge is 0.381 e. The van der Waals surface area contributed by atoms with Crippen LogP contribution in [0.3, 0.4) is 0 Å². The lowest BCUT2D eigenvalue weighted by atomic mass is 10.1. The fourth-order valence-electron chi connectivity index (χ4n) is 2.05. The van der Waals surface area contributed by atoms with Gasteiger partial charge in [0, 0.05) is 29.3 Å². The Kier molecular flexibility index (Phi) is 4.79. The molecular weight excluding hydrogens is 316 g/mol. The van der Waals surface area contributed by atoms with Crippen molar-refractivity contribution in [3.8, 4) is 0 Å². The Morgan fingerprint density at radius 1 is 1.20 bits per heavy atom. The minimum Gasteiger partial charge on any atom is -0.381 e. The Bertz CT molecular complexity index is 626. The van der Waals surface area contributed by atoms with Crippen LogP contribution in [-0.2, 0) is 6.54 Å². The number of nitrogens with one attached hydrogen (secondary N) is 2. The average Bonchev–Trinajstić information content (AvgIpc) is 2.45. The third-order valence-corrected chi connectivity index (χ3v) is 3.67. The average molecular weight is 333 g/mol. The minimum atomic E-state index is -0.0615. The van der Waals surface area contributed by atoms with E-state index in [2.05, 4.69) is 38.7 Å². The van der Waals surface area contributed by atoms with E-state index in [1.807, 2.05) is 37.3 Å². The van der Waals surface area contributed by atoms with Crippen molar-refractivity contribution in [2.75, 3.05) is 12.4 Å². The maximum absolute atomic E-state index is 11.8. The maximum atomic E-state index is 11.8. The predicted molar refractivity (Wildman–Crippen MR) is 86.0 cm³/mol. The standard InChI is InChI=1S/C16H17BrN2O/c1-11-14(16(20)18-2)7-4-8-15(11)19-10-12-5-3-6-13(17)9-12/h3-9,19H,10H2,1-2H3,(H,18,20). The molecule has 0 aromatic heterocycles. The van der Waals surface area contributed by atoms with Crippen molar-refractivity contribution in [1.82, 2.24) is 5.32 Å². The molecule has 0 aliphatic heterocycles. The Labute approximate surface area is 127 Å². The molecule has 2 aromatic rings. The smallest absolute Gasteiger partial charge is 0.251 e. The third kappa shape index (κ3) is 3.39. The SMILES string of the molecule is CNC(=O)c1cccc(NCc2cccc(Br)c2)c1C. The highest BCUT2D eigenvalue weighted by Gasteiger charge is 2.09. The highest BCUT2D eigenvalue weighted by atomic mass is 79.9. The number of carbonyl (C=O) groups is 1. The molecule has 0 saturated carbocycles. The van der Waals surface area contributed by atoms with Crippen LogP contribution in [0, 0.1) is 6.92 Å². The lowest BCUT2D eigenvalue weighted by Gasteiger charge is -2.13. The lowest BCUT2D eigenvalue weighted by molar-refractivity contribution is 0.0962. The summed E-state index contributed by atoms with van der Waals surface area (Å²) in [6, 6.07) is 13.9. The molecule has 0 heterocycles. The normalized spacial score (nSPS) is 10.2. The quantitative estimate of drug-likeness (QED) is 0.895. The molecule has 1 amide bonds. The van der Waals surface area contributed by atoms with E-state index < -0.39 is 0 Å². The predicted octanol–water partition coefficient (Wildman–Crippen LogP) is 3.73. The van der Waals surface area contributed by atoms with Crippen molar-refractivity contribution in [3.05, 3.63) is 63.6 Å². The van der Waals surface area contributed by atoms with Crippen LogP contribution in [-0.4, -0.2) is 13.0 Å². The van der Waals surface area contributed by atoms with Crippen LogP contribution in [0.15, 0.2) is 46.9 Å². The monoisotopic (exact) mass is 332 g/mol. The lowest BCUT2D eigenvalue weighted by Crippen LogP contribution is -2.19. The highest BCUT2D eigenvalue weighted by molar-refractivity contribution is 9.10. The summed E-state index contributed by atoms with van der Waals surface area (Å²) in [6.45, 7) is 2.67. The molecule has 4 heteroatoms. The van der Waals surface area contributed by atoms with Gasteiger partial charge in [-0.05, 0) is 42.3 Å². The van der Waals surface area contributed by atoms with Gasteiger partial charge in [0.25, 0.3) is 5.91 Å². The zero-order valence-corrected chi connectivity index (χ0v) is 13.1. The van der Waals surface area contributed by atoms with Gasteiger partial charge in [-0.1, -0.05) is 34.1 Å². The second-order valence-corrected chi connectivity index (χ2v) is 5.46. The fourth-order valence-corrected chi connectivity index (χ4v) is 2.50. The number of anilines is 1. The molecule has 2 aromatic carbocycles. The zero-order chi connectivity index (χ0) is 14.5. The molecule has 0 bridgehead atoms. The first kappa shape index (κ1) is 14.6. The third-order valence-electron chi connectivity index (χ3n) is 3.18. The fraction of sp³-hybridized carbons (Fsp3) is 0.188. The Balaban J connectivity index is 2.16. The molecule has 0 radical (unpaired) electrons. The van der Waals surface area contributed by atoms with Crippen LogP contribution in [0.4, 0.5) is 5.69 Å².